The molecule has 2 rings (SSSR count). The van der Waals surface area contributed by atoms with Crippen molar-refractivity contribution >= 4 is 0 Å². The Kier molecular flexibility index (Phi) is 18.4. The lowest BCUT2D eigenvalue weighted by Gasteiger charge is -2.28. The molecular weight excluding hydrogens is 354 g/mol. The average molecular weight is 406 g/mol. The van der Waals surface area contributed by atoms with Gasteiger partial charge in [-0.3, -0.25) is 0 Å². The van der Waals surface area contributed by atoms with Crippen LogP contribution in [0.25, 0.3) is 0 Å². The third kappa shape index (κ3) is 16.4. The first-order valence-electron chi connectivity index (χ1n) is 11.6. The number of nitrogens with one attached hydrogen (secondary N) is 1. The van der Waals surface area contributed by atoms with Gasteiger partial charge in [-0.15, -0.1) is 6.58 Å². The summed E-state index contributed by atoms with van der Waals surface area (Å²) in [4.78, 5) is 0. The van der Waals surface area contributed by atoms with Gasteiger partial charge >= 0.3 is 0 Å². The topological polar surface area (TPSA) is 21.3 Å². The average Bonchev–Trinajstić information content (AvgIpc) is 3.11. The minimum atomic E-state index is 0.374. The molecule has 2 heteroatoms. The number of hydrogen-bond donors (Lipinski definition) is 1. The van der Waals surface area contributed by atoms with Crippen LogP contribution in [0.4, 0.5) is 0 Å². The molecule has 2 aliphatic rings. The molecule has 0 amide bonds. The molecule has 1 N–H and O–H groups in total. The van der Waals surface area contributed by atoms with E-state index in [0.717, 1.165) is 19.6 Å². The summed E-state index contributed by atoms with van der Waals surface area (Å²) in [6, 6.07) is 0.493. The van der Waals surface area contributed by atoms with Crippen LogP contribution in [0.3, 0.4) is 0 Å². The van der Waals surface area contributed by atoms with Gasteiger partial charge in [0, 0.05) is 20.3 Å². The first kappa shape index (κ1) is 30.1. The van der Waals surface area contributed by atoms with Gasteiger partial charge < -0.3 is 10.1 Å². The molecule has 170 valence electrons. The van der Waals surface area contributed by atoms with Gasteiger partial charge in [-0.05, 0) is 43.3 Å². The molecule has 0 fully saturated rings. The van der Waals surface area contributed by atoms with Crippen LogP contribution in [0.1, 0.15) is 94.4 Å². The monoisotopic (exact) mass is 405 g/mol. The van der Waals surface area contributed by atoms with Crippen LogP contribution in [0, 0.1) is 5.41 Å². The fourth-order valence-electron chi connectivity index (χ4n) is 3.09. The molecule has 0 saturated heterocycles. The molecule has 1 unspecified atom stereocenters. The lowest BCUT2D eigenvalue weighted by atomic mass is 9.81. The number of allylic oxidation sites excluding steroid dienone is 2. The van der Waals surface area contributed by atoms with E-state index in [1.54, 1.807) is 12.7 Å². The van der Waals surface area contributed by atoms with Crippen LogP contribution in [0.2, 0.25) is 0 Å². The second-order valence-corrected chi connectivity index (χ2v) is 8.94. The highest BCUT2D eigenvalue weighted by Crippen LogP contribution is 2.33. The smallest absolute Gasteiger partial charge is 0.0539 e. The van der Waals surface area contributed by atoms with E-state index in [1.165, 1.54) is 42.4 Å². The third-order valence-corrected chi connectivity index (χ3v) is 4.35. The van der Waals surface area contributed by atoms with Crippen LogP contribution >= 0.6 is 0 Å². The zero-order valence-corrected chi connectivity index (χ0v) is 21.4. The van der Waals surface area contributed by atoms with Gasteiger partial charge in [0.1, 0.15) is 0 Å². The zero-order chi connectivity index (χ0) is 22.9. The largest absolute Gasteiger partial charge is 0.384 e. The number of unbranched alkanes of at least 4 members (excludes halogenated alkanes) is 2. The molecule has 29 heavy (non-hydrogen) atoms. The van der Waals surface area contributed by atoms with Crippen molar-refractivity contribution in [3.63, 3.8) is 0 Å². The van der Waals surface area contributed by atoms with Crippen molar-refractivity contribution in [3.05, 3.63) is 47.1 Å². The Labute approximate surface area is 183 Å². The summed E-state index contributed by atoms with van der Waals surface area (Å²) < 4.78 is 4.79. The van der Waals surface area contributed by atoms with Gasteiger partial charge in [0.2, 0.25) is 0 Å². The van der Waals surface area contributed by atoms with Gasteiger partial charge in [-0.25, -0.2) is 0 Å². The summed E-state index contributed by atoms with van der Waals surface area (Å²) in [6.07, 6.45) is 13.2. The van der Waals surface area contributed by atoms with Crippen LogP contribution in [0.5, 0.6) is 0 Å². The van der Waals surface area contributed by atoms with E-state index in [1.807, 2.05) is 20.8 Å². The first-order chi connectivity index (χ1) is 13.6. The van der Waals surface area contributed by atoms with Gasteiger partial charge in [-0.2, -0.15) is 0 Å². The third-order valence-electron chi connectivity index (χ3n) is 4.35. The minimum absolute atomic E-state index is 0.374. The van der Waals surface area contributed by atoms with E-state index >= 15 is 0 Å². The highest BCUT2D eigenvalue weighted by molar-refractivity contribution is 5.47. The van der Waals surface area contributed by atoms with E-state index < -0.39 is 0 Å². The summed E-state index contributed by atoms with van der Waals surface area (Å²) in [5, 5.41) is 3.55. The quantitative estimate of drug-likeness (QED) is 0.451. The maximum Gasteiger partial charge on any atom is 0.0539 e. The Morgan fingerprint density at radius 2 is 1.76 bits per heavy atom. The van der Waals surface area contributed by atoms with Gasteiger partial charge in [-0.1, -0.05) is 97.1 Å². The van der Waals surface area contributed by atoms with E-state index in [9.17, 15) is 0 Å². The van der Waals surface area contributed by atoms with Crippen LogP contribution in [-0.4, -0.2) is 26.3 Å². The Morgan fingerprint density at radius 1 is 1.17 bits per heavy atom. The highest BCUT2D eigenvalue weighted by Gasteiger charge is 2.26. The van der Waals surface area contributed by atoms with Crippen molar-refractivity contribution in [2.75, 3.05) is 20.3 Å². The van der Waals surface area contributed by atoms with Crippen molar-refractivity contribution in [2.24, 2.45) is 5.41 Å². The minimum Gasteiger partial charge on any atom is -0.384 e. The molecule has 0 radical (unpaired) electrons. The molecule has 0 aromatic rings. The lowest BCUT2D eigenvalue weighted by Crippen LogP contribution is -2.30. The standard InChI is InChI=1S/C14H21N.C6H12O.C5H12.C2H6/c1-10-7-11-5-6-15-13(11)12(8-10)9-14(2,3)4;1-6(2)4-5-7-3;1-3-5-4-2;1-2/h5,7-8,13,15H,6,9H2,1-4H3;1,4-5H2,2-3H3;3-5H2,1-2H3;1-2H3. The van der Waals surface area contributed by atoms with E-state index in [-0.39, 0.29) is 0 Å². The van der Waals surface area contributed by atoms with E-state index in [4.69, 9.17) is 4.74 Å². The molecular formula is C27H51NO. The lowest BCUT2D eigenvalue weighted by molar-refractivity contribution is 0.202. The fraction of sp³-hybridized carbons (Fsp3) is 0.704. The zero-order valence-electron chi connectivity index (χ0n) is 21.4. The van der Waals surface area contributed by atoms with Crippen molar-refractivity contribution < 1.29 is 4.74 Å². The Hall–Kier alpha value is -1.12. The maximum atomic E-state index is 4.79. The summed E-state index contributed by atoms with van der Waals surface area (Å²) in [7, 11) is 1.70. The van der Waals surface area contributed by atoms with Crippen molar-refractivity contribution in [1.29, 1.82) is 0 Å². The molecule has 2 nitrogen and oxygen atoms in total. The van der Waals surface area contributed by atoms with E-state index in [0.29, 0.717) is 11.5 Å². The Bertz CT molecular complexity index is 515. The molecule has 1 aliphatic heterocycles. The molecule has 0 aromatic carbocycles. The van der Waals surface area contributed by atoms with E-state index in [2.05, 4.69) is 71.7 Å². The molecule has 1 aliphatic carbocycles. The number of fused-ring (bicyclic) bond motifs is 1. The second kappa shape index (κ2) is 17.7. The number of methoxy groups -OCH3 is 1. The van der Waals surface area contributed by atoms with Gasteiger partial charge in [0.15, 0.2) is 0 Å². The summed E-state index contributed by atoms with van der Waals surface area (Å²) in [6.45, 7) is 25.1. The van der Waals surface area contributed by atoms with Gasteiger partial charge in [0.25, 0.3) is 0 Å². The molecule has 1 atom stereocenters. The molecule has 0 bridgehead atoms. The summed E-state index contributed by atoms with van der Waals surface area (Å²) >= 11 is 0. The van der Waals surface area contributed by atoms with Crippen molar-refractivity contribution in [2.45, 2.75) is 100 Å². The number of hydrogen-bond acceptors (Lipinski definition) is 2. The second-order valence-electron chi connectivity index (χ2n) is 8.94. The predicted octanol–water partition coefficient (Wildman–Crippen LogP) is 8.03. The Morgan fingerprint density at radius 3 is 2.14 bits per heavy atom. The van der Waals surface area contributed by atoms with Crippen LogP contribution < -0.4 is 5.32 Å². The molecule has 0 spiro atoms. The number of ether oxygens (including phenoxy) is 1. The first-order valence-corrected chi connectivity index (χ1v) is 11.6. The predicted molar refractivity (Wildman–Crippen MR) is 134 cm³/mol. The fourth-order valence-corrected chi connectivity index (χ4v) is 3.09. The van der Waals surface area contributed by atoms with Crippen molar-refractivity contribution in [1.82, 2.24) is 5.32 Å². The number of rotatable bonds is 6. The van der Waals surface area contributed by atoms with Crippen molar-refractivity contribution in [3.8, 4) is 0 Å². The summed E-state index contributed by atoms with van der Waals surface area (Å²) in [5.74, 6) is 0. The molecule has 0 saturated carbocycles. The summed E-state index contributed by atoms with van der Waals surface area (Å²) in [5.41, 5.74) is 5.96. The Balaban J connectivity index is 0. The van der Waals surface area contributed by atoms with Gasteiger partial charge in [0.05, 0.1) is 6.04 Å². The molecule has 1 heterocycles. The van der Waals surface area contributed by atoms with Crippen LogP contribution in [0.15, 0.2) is 47.1 Å². The SMILES string of the molecule is C=C(C)CCOC.CC.CC1=CC2=CCNC2C(CC(C)(C)C)=C1.CCCCC. The van der Waals surface area contributed by atoms with Crippen LogP contribution in [-0.2, 0) is 4.74 Å². The molecule has 0 aromatic heterocycles. The maximum absolute atomic E-state index is 4.79. The highest BCUT2D eigenvalue weighted by atomic mass is 16.5. The normalized spacial score (nSPS) is 17.0.